The predicted octanol–water partition coefficient (Wildman–Crippen LogP) is 4.42. The summed E-state index contributed by atoms with van der Waals surface area (Å²) >= 11 is 1.51. The lowest BCUT2D eigenvalue weighted by molar-refractivity contribution is 0.173. The van der Waals surface area contributed by atoms with E-state index in [0.29, 0.717) is 6.42 Å². The van der Waals surface area contributed by atoms with Crippen molar-refractivity contribution in [2.75, 3.05) is 0 Å². The lowest BCUT2D eigenvalue weighted by atomic mass is 10.1. The smallest absolute Gasteiger partial charge is 0.124 e. The van der Waals surface area contributed by atoms with Crippen LogP contribution >= 0.6 is 11.8 Å². The van der Waals surface area contributed by atoms with Crippen molar-refractivity contribution in [3.8, 4) is 0 Å². The van der Waals surface area contributed by atoms with E-state index in [4.69, 9.17) is 0 Å². The molecule has 94 valence electrons. The quantitative estimate of drug-likeness (QED) is 0.880. The average molecular weight is 262 g/mol. The van der Waals surface area contributed by atoms with Gasteiger partial charge in [-0.25, -0.2) is 4.39 Å². The second-order valence-corrected chi connectivity index (χ2v) is 5.20. The van der Waals surface area contributed by atoms with E-state index in [1.165, 1.54) is 23.9 Å². The number of rotatable bonds is 4. The van der Waals surface area contributed by atoms with E-state index in [1.54, 1.807) is 6.07 Å². The van der Waals surface area contributed by atoms with Gasteiger partial charge in [-0.05, 0) is 42.3 Å². The second-order valence-electron chi connectivity index (χ2n) is 4.05. The minimum Gasteiger partial charge on any atom is -0.388 e. The molecular weight excluding hydrogens is 247 g/mol. The van der Waals surface area contributed by atoms with E-state index in [9.17, 15) is 9.50 Å². The molecule has 18 heavy (non-hydrogen) atoms. The number of hydrogen-bond donors (Lipinski definition) is 1. The maximum Gasteiger partial charge on any atom is 0.124 e. The molecule has 2 aromatic rings. The van der Waals surface area contributed by atoms with Crippen molar-refractivity contribution < 1.29 is 9.50 Å². The molecule has 0 aliphatic heterocycles. The Labute approximate surface area is 111 Å². The molecule has 3 heteroatoms. The van der Waals surface area contributed by atoms with Gasteiger partial charge in [0.2, 0.25) is 0 Å². The molecule has 1 unspecified atom stereocenters. The highest BCUT2D eigenvalue weighted by Gasteiger charge is 2.04. The first-order valence-electron chi connectivity index (χ1n) is 5.90. The highest BCUT2D eigenvalue weighted by atomic mass is 32.2. The fraction of sp³-hybridized carbons (Fsp3) is 0.200. The number of benzene rings is 2. The van der Waals surface area contributed by atoms with Gasteiger partial charge in [-0.2, -0.15) is 0 Å². The van der Waals surface area contributed by atoms with Crippen molar-refractivity contribution in [2.24, 2.45) is 0 Å². The standard InChI is InChI=1S/C15H15FOS/c1-2-15(17)11-6-8-13(9-7-11)18-14-5-3-4-12(16)10-14/h3-10,15,17H,2H2,1H3. The Morgan fingerprint density at radius 2 is 1.83 bits per heavy atom. The molecule has 0 aliphatic carbocycles. The van der Waals surface area contributed by atoms with Crippen LogP contribution in [-0.4, -0.2) is 5.11 Å². The lowest BCUT2D eigenvalue weighted by Gasteiger charge is -2.08. The monoisotopic (exact) mass is 262 g/mol. The minimum absolute atomic E-state index is 0.224. The number of aliphatic hydroxyl groups excluding tert-OH is 1. The molecule has 1 nitrogen and oxygen atoms in total. The van der Waals surface area contributed by atoms with E-state index in [2.05, 4.69) is 0 Å². The molecule has 0 saturated carbocycles. The summed E-state index contributed by atoms with van der Waals surface area (Å²) in [5.74, 6) is -0.224. The summed E-state index contributed by atoms with van der Waals surface area (Å²) in [4.78, 5) is 1.91. The Bertz CT molecular complexity index is 510. The number of halogens is 1. The SMILES string of the molecule is CCC(O)c1ccc(Sc2cccc(F)c2)cc1. The van der Waals surface area contributed by atoms with Gasteiger partial charge in [-0.1, -0.05) is 36.9 Å². The normalized spacial score (nSPS) is 12.4. The fourth-order valence-electron chi connectivity index (χ4n) is 1.66. The van der Waals surface area contributed by atoms with Crippen LogP contribution in [0, 0.1) is 5.82 Å². The minimum atomic E-state index is -0.404. The van der Waals surface area contributed by atoms with Crippen molar-refractivity contribution in [3.05, 3.63) is 59.9 Å². The van der Waals surface area contributed by atoms with Gasteiger partial charge in [0.05, 0.1) is 6.10 Å². The maximum atomic E-state index is 13.0. The van der Waals surface area contributed by atoms with Crippen LogP contribution in [0.2, 0.25) is 0 Å². The van der Waals surface area contributed by atoms with Crippen LogP contribution in [0.3, 0.4) is 0 Å². The molecule has 2 aromatic carbocycles. The first kappa shape index (κ1) is 13.1. The zero-order valence-electron chi connectivity index (χ0n) is 10.1. The molecule has 0 aliphatic rings. The lowest BCUT2D eigenvalue weighted by Crippen LogP contribution is -1.93. The summed E-state index contributed by atoms with van der Waals surface area (Å²) in [6.45, 7) is 1.94. The van der Waals surface area contributed by atoms with Gasteiger partial charge in [-0.3, -0.25) is 0 Å². The summed E-state index contributed by atoms with van der Waals surface area (Å²) < 4.78 is 13.0. The topological polar surface area (TPSA) is 20.2 Å². The van der Waals surface area contributed by atoms with Crippen LogP contribution in [-0.2, 0) is 0 Å². The van der Waals surface area contributed by atoms with Gasteiger partial charge in [0.25, 0.3) is 0 Å². The highest BCUT2D eigenvalue weighted by molar-refractivity contribution is 7.99. The fourth-order valence-corrected chi connectivity index (χ4v) is 2.52. The van der Waals surface area contributed by atoms with Gasteiger partial charge in [-0.15, -0.1) is 0 Å². The van der Waals surface area contributed by atoms with E-state index in [-0.39, 0.29) is 5.82 Å². The van der Waals surface area contributed by atoms with Gasteiger partial charge in [0, 0.05) is 9.79 Å². The van der Waals surface area contributed by atoms with Crippen LogP contribution < -0.4 is 0 Å². The molecule has 1 N–H and O–H groups in total. The molecule has 0 bridgehead atoms. The average Bonchev–Trinajstić information content (AvgIpc) is 2.39. The van der Waals surface area contributed by atoms with Crippen LogP contribution in [0.25, 0.3) is 0 Å². The van der Waals surface area contributed by atoms with E-state index < -0.39 is 6.10 Å². The third-order valence-corrected chi connectivity index (χ3v) is 3.68. The Balaban J connectivity index is 2.11. The Hall–Kier alpha value is -1.32. The summed E-state index contributed by atoms with van der Waals surface area (Å²) in [5, 5.41) is 9.69. The van der Waals surface area contributed by atoms with Gasteiger partial charge in [0.15, 0.2) is 0 Å². The first-order chi connectivity index (χ1) is 8.69. The molecule has 1 atom stereocenters. The Morgan fingerprint density at radius 1 is 1.11 bits per heavy atom. The zero-order chi connectivity index (χ0) is 13.0. The van der Waals surface area contributed by atoms with E-state index in [1.807, 2.05) is 37.3 Å². The van der Waals surface area contributed by atoms with Crippen molar-refractivity contribution in [1.29, 1.82) is 0 Å². The molecule has 0 spiro atoms. The molecule has 0 heterocycles. The van der Waals surface area contributed by atoms with Crippen molar-refractivity contribution in [2.45, 2.75) is 29.2 Å². The van der Waals surface area contributed by atoms with Crippen LogP contribution in [0.1, 0.15) is 25.0 Å². The second kappa shape index (κ2) is 6.03. The molecule has 2 rings (SSSR count). The van der Waals surface area contributed by atoms with Gasteiger partial charge >= 0.3 is 0 Å². The maximum absolute atomic E-state index is 13.0. The summed E-state index contributed by atoms with van der Waals surface area (Å²) in [7, 11) is 0. The summed E-state index contributed by atoms with van der Waals surface area (Å²) in [6, 6.07) is 14.2. The molecule has 0 aromatic heterocycles. The Kier molecular flexibility index (Phi) is 4.39. The molecule has 0 amide bonds. The molecular formula is C15H15FOS. The van der Waals surface area contributed by atoms with E-state index in [0.717, 1.165) is 15.4 Å². The predicted molar refractivity (Wildman–Crippen MR) is 72.2 cm³/mol. The van der Waals surface area contributed by atoms with Crippen molar-refractivity contribution >= 4 is 11.8 Å². The van der Waals surface area contributed by atoms with E-state index >= 15 is 0 Å². The van der Waals surface area contributed by atoms with Crippen molar-refractivity contribution in [1.82, 2.24) is 0 Å². The van der Waals surface area contributed by atoms with Crippen LogP contribution in [0.15, 0.2) is 58.3 Å². The van der Waals surface area contributed by atoms with Crippen molar-refractivity contribution in [3.63, 3.8) is 0 Å². The molecule has 0 radical (unpaired) electrons. The Morgan fingerprint density at radius 3 is 2.44 bits per heavy atom. The van der Waals surface area contributed by atoms with Gasteiger partial charge < -0.3 is 5.11 Å². The molecule has 0 fully saturated rings. The zero-order valence-corrected chi connectivity index (χ0v) is 11.0. The van der Waals surface area contributed by atoms with Crippen LogP contribution in [0.5, 0.6) is 0 Å². The largest absolute Gasteiger partial charge is 0.388 e. The third-order valence-electron chi connectivity index (χ3n) is 2.68. The first-order valence-corrected chi connectivity index (χ1v) is 6.72. The van der Waals surface area contributed by atoms with Gasteiger partial charge in [0.1, 0.15) is 5.82 Å². The highest BCUT2D eigenvalue weighted by Crippen LogP contribution is 2.29. The molecule has 0 saturated heterocycles. The number of aliphatic hydroxyl groups is 1. The van der Waals surface area contributed by atoms with Crippen LogP contribution in [0.4, 0.5) is 4.39 Å². The summed E-state index contributed by atoms with van der Waals surface area (Å²) in [6.07, 6.45) is 0.300. The summed E-state index contributed by atoms with van der Waals surface area (Å²) in [5.41, 5.74) is 0.918. The third kappa shape index (κ3) is 3.34. The number of hydrogen-bond acceptors (Lipinski definition) is 2.